The van der Waals surface area contributed by atoms with Gasteiger partial charge in [0.25, 0.3) is 0 Å². The maximum atomic E-state index is 12.4. The molecule has 3 atom stereocenters. The first-order valence-corrected chi connectivity index (χ1v) is 8.27. The van der Waals surface area contributed by atoms with Crippen molar-refractivity contribution >= 4 is 23.3 Å². The molecule has 1 saturated carbocycles. The van der Waals surface area contributed by atoms with Crippen LogP contribution in [0.2, 0.25) is 0 Å². The molecule has 1 aromatic heterocycles. The van der Waals surface area contributed by atoms with Gasteiger partial charge in [0.05, 0.1) is 17.7 Å². The monoisotopic (exact) mass is 309 g/mol. The molecule has 2 amide bonds. The topological polar surface area (TPSA) is 82.5 Å². The summed E-state index contributed by atoms with van der Waals surface area (Å²) < 4.78 is 0. The summed E-state index contributed by atoms with van der Waals surface area (Å²) in [6.45, 7) is 0.350. The maximum absolute atomic E-state index is 12.4. The van der Waals surface area contributed by atoms with Gasteiger partial charge in [0.1, 0.15) is 6.04 Å². The Morgan fingerprint density at radius 3 is 2.95 bits per heavy atom. The van der Waals surface area contributed by atoms with Crippen molar-refractivity contribution in [2.45, 2.75) is 50.7 Å². The van der Waals surface area contributed by atoms with E-state index in [1.807, 2.05) is 5.38 Å². The van der Waals surface area contributed by atoms with Crippen molar-refractivity contribution in [2.24, 2.45) is 5.92 Å². The van der Waals surface area contributed by atoms with Gasteiger partial charge in [-0.3, -0.25) is 0 Å². The second kappa shape index (κ2) is 6.01. The number of aromatic nitrogens is 1. The van der Waals surface area contributed by atoms with Crippen LogP contribution in [-0.4, -0.2) is 39.1 Å². The first-order valence-electron chi connectivity index (χ1n) is 7.33. The molecule has 2 fully saturated rings. The molecule has 0 aromatic carbocycles. The zero-order chi connectivity index (χ0) is 14.8. The fraction of sp³-hybridized carbons (Fsp3) is 0.643. The minimum absolute atomic E-state index is 0.0790. The molecule has 21 heavy (non-hydrogen) atoms. The van der Waals surface area contributed by atoms with E-state index in [-0.39, 0.29) is 12.1 Å². The summed E-state index contributed by atoms with van der Waals surface area (Å²) in [4.78, 5) is 29.6. The Labute approximate surface area is 127 Å². The fourth-order valence-corrected chi connectivity index (χ4v) is 4.11. The summed E-state index contributed by atoms with van der Waals surface area (Å²) in [7, 11) is 0. The highest BCUT2D eigenvalue weighted by Crippen LogP contribution is 2.39. The Morgan fingerprint density at radius 1 is 1.43 bits per heavy atom. The van der Waals surface area contributed by atoms with Crippen LogP contribution in [0.3, 0.4) is 0 Å². The zero-order valence-electron chi connectivity index (χ0n) is 11.7. The summed E-state index contributed by atoms with van der Waals surface area (Å²) in [6, 6.07) is -0.881. The molecule has 114 valence electrons. The van der Waals surface area contributed by atoms with E-state index in [0.717, 1.165) is 31.4 Å². The Hall–Kier alpha value is -1.63. The van der Waals surface area contributed by atoms with Gasteiger partial charge in [0, 0.05) is 11.4 Å². The number of thiazole rings is 1. The van der Waals surface area contributed by atoms with Gasteiger partial charge < -0.3 is 15.3 Å². The average molecular weight is 309 g/mol. The molecule has 0 spiro atoms. The first-order chi connectivity index (χ1) is 10.2. The van der Waals surface area contributed by atoms with Crippen LogP contribution in [0, 0.1) is 5.92 Å². The normalized spacial score (nSPS) is 28.2. The van der Waals surface area contributed by atoms with Gasteiger partial charge in [-0.05, 0) is 25.2 Å². The van der Waals surface area contributed by atoms with Crippen LogP contribution in [0.15, 0.2) is 10.9 Å². The number of hydrogen-bond acceptors (Lipinski definition) is 4. The van der Waals surface area contributed by atoms with Crippen molar-refractivity contribution in [1.29, 1.82) is 0 Å². The molecule has 2 N–H and O–H groups in total. The number of carboxylic acid groups (broad SMARTS) is 1. The van der Waals surface area contributed by atoms with Crippen molar-refractivity contribution in [3.63, 3.8) is 0 Å². The number of carbonyl (C=O) groups is 2. The number of fused-ring (bicyclic) bond motifs is 1. The Balaban J connectivity index is 1.70. The number of nitrogens with zero attached hydrogens (tertiary/aromatic N) is 2. The van der Waals surface area contributed by atoms with Crippen molar-refractivity contribution in [1.82, 2.24) is 15.2 Å². The molecule has 3 rings (SSSR count). The van der Waals surface area contributed by atoms with Crippen LogP contribution >= 0.6 is 11.3 Å². The molecule has 0 radical (unpaired) electrons. The van der Waals surface area contributed by atoms with Crippen LogP contribution < -0.4 is 5.32 Å². The van der Waals surface area contributed by atoms with E-state index in [9.17, 15) is 14.7 Å². The van der Waals surface area contributed by atoms with Crippen molar-refractivity contribution < 1.29 is 14.7 Å². The number of aliphatic carboxylic acids is 1. The third-order valence-corrected chi connectivity index (χ3v) is 5.15. The van der Waals surface area contributed by atoms with E-state index in [1.54, 1.807) is 10.4 Å². The quantitative estimate of drug-likeness (QED) is 0.895. The first kappa shape index (κ1) is 14.3. The highest BCUT2D eigenvalue weighted by Gasteiger charge is 2.47. The number of carbonyl (C=O) groups excluding carboxylic acids is 1. The minimum atomic E-state index is -0.895. The summed E-state index contributed by atoms with van der Waals surface area (Å²) in [5.74, 6) is -0.557. The van der Waals surface area contributed by atoms with Crippen LogP contribution in [0.25, 0.3) is 0 Å². The molecule has 2 heterocycles. The van der Waals surface area contributed by atoms with E-state index in [0.29, 0.717) is 18.9 Å². The Morgan fingerprint density at radius 2 is 2.24 bits per heavy atom. The largest absolute Gasteiger partial charge is 0.480 e. The number of rotatable bonds is 3. The molecule has 1 aromatic rings. The minimum Gasteiger partial charge on any atom is -0.480 e. The lowest BCUT2D eigenvalue weighted by Gasteiger charge is -2.32. The number of nitrogens with one attached hydrogen (secondary N) is 1. The standard InChI is InChI=1S/C14H19N3O3S/c18-13(19)12-5-9-3-1-2-4-11(9)17(12)14(20)15-6-10-7-21-8-16-10/h7-9,11-12H,1-6H2,(H,15,20)(H,18,19). The van der Waals surface area contributed by atoms with Crippen LogP contribution in [0.1, 0.15) is 37.8 Å². The molecular weight excluding hydrogens is 290 g/mol. The average Bonchev–Trinajstić information content (AvgIpc) is 3.11. The number of amides is 2. The SMILES string of the molecule is O=C(O)C1CC2CCCCC2N1C(=O)NCc1cscn1. The predicted octanol–water partition coefficient (Wildman–Crippen LogP) is 2.07. The van der Waals surface area contributed by atoms with E-state index in [4.69, 9.17) is 0 Å². The van der Waals surface area contributed by atoms with Crippen molar-refractivity contribution in [3.05, 3.63) is 16.6 Å². The number of urea groups is 1. The maximum Gasteiger partial charge on any atom is 0.326 e. The van der Waals surface area contributed by atoms with Gasteiger partial charge in [0.2, 0.25) is 0 Å². The molecule has 7 heteroatoms. The fourth-order valence-electron chi connectivity index (χ4n) is 3.55. The third kappa shape index (κ3) is 2.88. The molecule has 1 saturated heterocycles. The molecule has 6 nitrogen and oxygen atoms in total. The lowest BCUT2D eigenvalue weighted by Crippen LogP contribution is -2.50. The summed E-state index contributed by atoms with van der Waals surface area (Å²) in [5.41, 5.74) is 2.52. The van der Waals surface area contributed by atoms with E-state index in [1.165, 1.54) is 11.3 Å². The van der Waals surface area contributed by atoms with Gasteiger partial charge in [-0.25, -0.2) is 14.6 Å². The zero-order valence-corrected chi connectivity index (χ0v) is 12.5. The summed E-state index contributed by atoms with van der Waals surface area (Å²) in [5, 5.41) is 14.1. The lowest BCUT2D eigenvalue weighted by molar-refractivity contribution is -0.141. The van der Waals surface area contributed by atoms with Crippen LogP contribution in [0.5, 0.6) is 0 Å². The van der Waals surface area contributed by atoms with Gasteiger partial charge >= 0.3 is 12.0 Å². The Kier molecular flexibility index (Phi) is 4.10. The molecule has 3 unspecified atom stereocenters. The number of hydrogen-bond donors (Lipinski definition) is 2. The summed E-state index contributed by atoms with van der Waals surface area (Å²) in [6.07, 6.45) is 4.75. The smallest absolute Gasteiger partial charge is 0.326 e. The van der Waals surface area contributed by atoms with Gasteiger partial charge in [-0.15, -0.1) is 11.3 Å². The van der Waals surface area contributed by atoms with Gasteiger partial charge in [-0.1, -0.05) is 12.8 Å². The third-order valence-electron chi connectivity index (χ3n) is 4.51. The van der Waals surface area contributed by atoms with Gasteiger partial charge in [-0.2, -0.15) is 0 Å². The van der Waals surface area contributed by atoms with Crippen molar-refractivity contribution in [2.75, 3.05) is 0 Å². The number of carboxylic acids is 1. The molecule has 1 aliphatic carbocycles. The van der Waals surface area contributed by atoms with Crippen molar-refractivity contribution in [3.8, 4) is 0 Å². The predicted molar refractivity (Wildman–Crippen MR) is 78.0 cm³/mol. The van der Waals surface area contributed by atoms with E-state index in [2.05, 4.69) is 10.3 Å². The highest BCUT2D eigenvalue weighted by atomic mass is 32.1. The highest BCUT2D eigenvalue weighted by molar-refractivity contribution is 7.07. The Bertz CT molecular complexity index is 520. The van der Waals surface area contributed by atoms with Crippen LogP contribution in [-0.2, 0) is 11.3 Å². The van der Waals surface area contributed by atoms with Crippen LogP contribution in [0.4, 0.5) is 4.79 Å². The number of likely N-dealkylation sites (tertiary alicyclic amines) is 1. The molecule has 1 aliphatic heterocycles. The second-order valence-electron chi connectivity index (χ2n) is 5.75. The molecule has 0 bridgehead atoms. The molecular formula is C14H19N3O3S. The second-order valence-corrected chi connectivity index (χ2v) is 6.47. The lowest BCUT2D eigenvalue weighted by atomic mass is 9.85. The van der Waals surface area contributed by atoms with E-state index >= 15 is 0 Å². The molecule has 2 aliphatic rings. The van der Waals surface area contributed by atoms with Gasteiger partial charge in [0.15, 0.2) is 0 Å². The summed E-state index contributed by atoms with van der Waals surface area (Å²) >= 11 is 1.48. The van der Waals surface area contributed by atoms with E-state index < -0.39 is 12.0 Å².